The monoisotopic (exact) mass is 363 g/mol. The third kappa shape index (κ3) is 4.52. The molecule has 0 bridgehead atoms. The number of aryl methyl sites for hydroxylation is 2. The smallest absolute Gasteiger partial charge is 0.280 e. The molecule has 7 nitrogen and oxygen atoms in total. The predicted molar refractivity (Wildman–Crippen MR) is 107 cm³/mol. The van der Waals surface area contributed by atoms with Gasteiger partial charge in [-0.2, -0.15) is 5.10 Å². The molecule has 1 aromatic heterocycles. The van der Waals surface area contributed by atoms with Crippen molar-refractivity contribution in [3.8, 4) is 5.69 Å². The first-order chi connectivity index (χ1) is 13.0. The van der Waals surface area contributed by atoms with Crippen molar-refractivity contribution in [3.63, 3.8) is 0 Å². The molecule has 0 saturated heterocycles. The number of hydrogen-bond acceptors (Lipinski definition) is 4. The number of rotatable bonds is 6. The molecule has 0 aliphatic rings. The van der Waals surface area contributed by atoms with Gasteiger partial charge in [-0.3, -0.25) is 14.7 Å². The van der Waals surface area contributed by atoms with E-state index in [0.717, 1.165) is 16.9 Å². The molecule has 1 amide bonds. The minimum Gasteiger partial charge on any atom is -0.376 e. The summed E-state index contributed by atoms with van der Waals surface area (Å²) in [6.45, 7) is 3.86. The number of aromatic amines is 1. The first-order valence-corrected chi connectivity index (χ1v) is 8.54. The number of benzene rings is 2. The minimum atomic E-state index is -0.302. The number of H-pyrrole nitrogens is 1. The SMILES string of the molecule is Cc1ccc(NCC(=O)N/N=C\c2c(C)[nH]n(-c3ccccc3)c2=O)cc1. The van der Waals surface area contributed by atoms with E-state index in [4.69, 9.17) is 0 Å². The molecule has 27 heavy (non-hydrogen) atoms. The van der Waals surface area contributed by atoms with Gasteiger partial charge in [-0.15, -0.1) is 0 Å². The Morgan fingerprint density at radius 2 is 1.81 bits per heavy atom. The molecule has 0 fully saturated rings. The van der Waals surface area contributed by atoms with Gasteiger partial charge in [0.15, 0.2) is 0 Å². The molecule has 138 valence electrons. The third-order valence-corrected chi connectivity index (χ3v) is 4.02. The van der Waals surface area contributed by atoms with E-state index in [1.54, 1.807) is 6.92 Å². The van der Waals surface area contributed by atoms with Crippen LogP contribution in [0.5, 0.6) is 0 Å². The van der Waals surface area contributed by atoms with Crippen molar-refractivity contribution in [1.29, 1.82) is 0 Å². The Bertz CT molecular complexity index is 1000. The van der Waals surface area contributed by atoms with E-state index in [1.807, 2.05) is 61.5 Å². The van der Waals surface area contributed by atoms with Crippen LogP contribution >= 0.6 is 0 Å². The second kappa shape index (κ2) is 8.18. The number of aromatic nitrogens is 2. The van der Waals surface area contributed by atoms with E-state index >= 15 is 0 Å². The molecule has 0 radical (unpaired) electrons. The fraction of sp³-hybridized carbons (Fsp3) is 0.150. The number of para-hydroxylation sites is 1. The number of amides is 1. The van der Waals surface area contributed by atoms with Crippen LogP contribution in [0, 0.1) is 13.8 Å². The largest absolute Gasteiger partial charge is 0.376 e. The van der Waals surface area contributed by atoms with Gasteiger partial charge in [-0.1, -0.05) is 35.9 Å². The summed E-state index contributed by atoms with van der Waals surface area (Å²) in [5.41, 5.74) is 5.99. The van der Waals surface area contributed by atoms with Crippen LogP contribution in [-0.4, -0.2) is 28.4 Å². The van der Waals surface area contributed by atoms with Crippen molar-refractivity contribution < 1.29 is 4.79 Å². The van der Waals surface area contributed by atoms with Crippen molar-refractivity contribution in [2.24, 2.45) is 5.10 Å². The van der Waals surface area contributed by atoms with Gasteiger partial charge >= 0.3 is 0 Å². The van der Waals surface area contributed by atoms with E-state index in [-0.39, 0.29) is 18.0 Å². The normalized spacial score (nSPS) is 10.9. The second-order valence-electron chi connectivity index (χ2n) is 6.14. The van der Waals surface area contributed by atoms with Gasteiger partial charge in [0.1, 0.15) is 0 Å². The van der Waals surface area contributed by atoms with Crippen LogP contribution in [0.25, 0.3) is 5.69 Å². The van der Waals surface area contributed by atoms with Gasteiger partial charge in [0.05, 0.1) is 24.0 Å². The van der Waals surface area contributed by atoms with Gasteiger partial charge in [-0.25, -0.2) is 10.1 Å². The number of anilines is 1. The Morgan fingerprint density at radius 1 is 1.11 bits per heavy atom. The third-order valence-electron chi connectivity index (χ3n) is 4.02. The highest BCUT2D eigenvalue weighted by Gasteiger charge is 2.10. The fourth-order valence-electron chi connectivity index (χ4n) is 2.53. The lowest BCUT2D eigenvalue weighted by molar-refractivity contribution is -0.119. The molecule has 0 saturated carbocycles. The summed E-state index contributed by atoms with van der Waals surface area (Å²) in [7, 11) is 0. The van der Waals surface area contributed by atoms with E-state index in [0.29, 0.717) is 11.3 Å². The zero-order valence-corrected chi connectivity index (χ0v) is 15.2. The highest BCUT2D eigenvalue weighted by molar-refractivity contribution is 5.84. The summed E-state index contributed by atoms with van der Waals surface area (Å²) in [5.74, 6) is -0.302. The van der Waals surface area contributed by atoms with Gasteiger partial charge in [0.25, 0.3) is 11.5 Å². The molecule has 3 N–H and O–H groups in total. The molecule has 0 unspecified atom stereocenters. The first kappa shape index (κ1) is 18.2. The summed E-state index contributed by atoms with van der Waals surface area (Å²) < 4.78 is 1.44. The molecular formula is C20H21N5O2. The molecule has 2 aromatic carbocycles. The topological polar surface area (TPSA) is 91.3 Å². The first-order valence-electron chi connectivity index (χ1n) is 8.54. The van der Waals surface area contributed by atoms with E-state index in [2.05, 4.69) is 20.9 Å². The Morgan fingerprint density at radius 3 is 2.52 bits per heavy atom. The average Bonchev–Trinajstić information content (AvgIpc) is 2.96. The standard InChI is InChI=1S/C20H21N5O2/c1-14-8-10-16(11-9-14)21-13-19(26)23-22-12-18-15(2)24-25(20(18)27)17-6-4-3-5-7-17/h3-12,21,24H,13H2,1-2H3,(H,23,26)/b22-12-. The van der Waals surface area contributed by atoms with Gasteiger partial charge in [-0.05, 0) is 38.1 Å². The maximum Gasteiger partial charge on any atom is 0.280 e. The molecule has 7 heteroatoms. The predicted octanol–water partition coefficient (Wildman–Crippen LogP) is 2.34. The van der Waals surface area contributed by atoms with Crippen LogP contribution in [-0.2, 0) is 4.79 Å². The number of carbonyl (C=O) groups is 1. The van der Waals surface area contributed by atoms with E-state index in [9.17, 15) is 9.59 Å². The highest BCUT2D eigenvalue weighted by atomic mass is 16.2. The van der Waals surface area contributed by atoms with Gasteiger partial charge < -0.3 is 5.32 Å². The summed E-state index contributed by atoms with van der Waals surface area (Å²) >= 11 is 0. The van der Waals surface area contributed by atoms with Gasteiger partial charge in [0.2, 0.25) is 0 Å². The Labute approximate surface area is 156 Å². The summed E-state index contributed by atoms with van der Waals surface area (Å²) in [6, 6.07) is 17.0. The number of hydrogen-bond donors (Lipinski definition) is 3. The molecule has 0 aliphatic carbocycles. The summed E-state index contributed by atoms with van der Waals surface area (Å²) in [4.78, 5) is 24.4. The van der Waals surface area contributed by atoms with Crippen LogP contribution in [0.3, 0.4) is 0 Å². The van der Waals surface area contributed by atoms with Crippen LogP contribution in [0.2, 0.25) is 0 Å². The molecular weight excluding hydrogens is 342 g/mol. The number of nitrogens with zero attached hydrogens (tertiary/aromatic N) is 2. The Balaban J connectivity index is 1.61. The molecule has 0 spiro atoms. The van der Waals surface area contributed by atoms with Crippen LogP contribution in [0.1, 0.15) is 16.8 Å². The van der Waals surface area contributed by atoms with E-state index in [1.165, 1.54) is 10.9 Å². The molecule has 0 atom stereocenters. The second-order valence-corrected chi connectivity index (χ2v) is 6.14. The molecule has 0 aliphatic heterocycles. The Kier molecular flexibility index (Phi) is 5.51. The van der Waals surface area contributed by atoms with E-state index < -0.39 is 0 Å². The highest BCUT2D eigenvalue weighted by Crippen LogP contribution is 2.08. The van der Waals surface area contributed by atoms with Crippen LogP contribution in [0.15, 0.2) is 64.5 Å². The van der Waals surface area contributed by atoms with Crippen LogP contribution < -0.4 is 16.3 Å². The zero-order chi connectivity index (χ0) is 19.2. The van der Waals surface area contributed by atoms with Crippen LogP contribution in [0.4, 0.5) is 5.69 Å². The Hall–Kier alpha value is -3.61. The lowest BCUT2D eigenvalue weighted by atomic mass is 10.2. The molecule has 3 aromatic rings. The average molecular weight is 363 g/mol. The fourth-order valence-corrected chi connectivity index (χ4v) is 2.53. The lowest BCUT2D eigenvalue weighted by Crippen LogP contribution is -2.26. The maximum absolute atomic E-state index is 12.5. The molecule has 1 heterocycles. The minimum absolute atomic E-state index is 0.0841. The van der Waals surface area contributed by atoms with Crippen molar-refractivity contribution in [2.75, 3.05) is 11.9 Å². The number of carbonyl (C=O) groups excluding carboxylic acids is 1. The number of nitrogens with one attached hydrogen (secondary N) is 3. The van der Waals surface area contributed by atoms with Crippen molar-refractivity contribution in [1.82, 2.24) is 15.2 Å². The zero-order valence-electron chi connectivity index (χ0n) is 15.2. The summed E-state index contributed by atoms with van der Waals surface area (Å²) in [6.07, 6.45) is 1.36. The number of hydrazone groups is 1. The van der Waals surface area contributed by atoms with Crippen molar-refractivity contribution in [3.05, 3.63) is 81.8 Å². The summed E-state index contributed by atoms with van der Waals surface area (Å²) in [5, 5.41) is 9.92. The lowest BCUT2D eigenvalue weighted by Gasteiger charge is -2.05. The van der Waals surface area contributed by atoms with Crippen molar-refractivity contribution >= 4 is 17.8 Å². The van der Waals surface area contributed by atoms with Crippen molar-refractivity contribution in [2.45, 2.75) is 13.8 Å². The maximum atomic E-state index is 12.5. The van der Waals surface area contributed by atoms with Gasteiger partial charge in [0, 0.05) is 11.4 Å². The quantitative estimate of drug-likeness (QED) is 0.464. The molecule has 3 rings (SSSR count).